The van der Waals surface area contributed by atoms with Gasteiger partial charge in [0.15, 0.2) is 6.29 Å². The van der Waals surface area contributed by atoms with Gasteiger partial charge in [-0.05, 0) is 52.4 Å². The number of halogens is 24. The van der Waals surface area contributed by atoms with Gasteiger partial charge in [0.25, 0.3) is 22.4 Å². The van der Waals surface area contributed by atoms with Gasteiger partial charge in [-0.1, -0.05) is 0 Å². The molecule has 2 aliphatic rings. The highest BCUT2D eigenvalue weighted by Crippen LogP contribution is 2.60. The van der Waals surface area contributed by atoms with Crippen LogP contribution < -0.4 is 0 Å². The Morgan fingerprint density at radius 1 is 0.407 bits per heavy atom. The van der Waals surface area contributed by atoms with Crippen molar-refractivity contribution in [1.29, 1.82) is 0 Å². The lowest BCUT2D eigenvalue weighted by Gasteiger charge is -2.48. The van der Waals surface area contributed by atoms with Gasteiger partial charge in [0.2, 0.25) is 0 Å². The average Bonchev–Trinajstić information content (AvgIpc) is 2.98. The summed E-state index contributed by atoms with van der Waals surface area (Å²) >= 11 is 0. The van der Waals surface area contributed by atoms with E-state index >= 15 is 0 Å². The highest BCUT2D eigenvalue weighted by molar-refractivity contribution is 5.09. The van der Waals surface area contributed by atoms with Crippen LogP contribution in [0.2, 0.25) is 0 Å². The Kier molecular flexibility index (Phi) is 15.8. The summed E-state index contributed by atoms with van der Waals surface area (Å²) in [5.74, 6) is -13.1. The van der Waals surface area contributed by atoms with Crippen molar-refractivity contribution in [2.24, 2.45) is 23.7 Å². The van der Waals surface area contributed by atoms with Crippen LogP contribution in [0.15, 0.2) is 0 Å². The number of aliphatic hydroxyl groups excluding tert-OH is 1. The fraction of sp³-hybridized carbons (Fsp3) is 1.00. The second-order valence-corrected chi connectivity index (χ2v) is 13.7. The molecule has 0 radical (unpaired) electrons. The van der Waals surface area contributed by atoms with E-state index in [2.05, 4.69) is 0 Å². The lowest BCUT2D eigenvalue weighted by atomic mass is 9.65. The van der Waals surface area contributed by atoms with Crippen molar-refractivity contribution in [3.8, 4) is 0 Å². The third kappa shape index (κ3) is 10.5. The molecule has 5 atom stereocenters. The van der Waals surface area contributed by atoms with Crippen LogP contribution in [0.3, 0.4) is 0 Å². The molecular weight excluding hydrogens is 904 g/mol. The molecule has 0 aromatic heterocycles. The lowest BCUT2D eigenvalue weighted by molar-refractivity contribution is -0.407. The maximum absolute atomic E-state index is 13.2. The Morgan fingerprint density at radius 3 is 0.797 bits per heavy atom. The minimum Gasteiger partial charge on any atom is -0.393 e. The second-order valence-electron chi connectivity index (χ2n) is 13.7. The average molecular weight is 937 g/mol. The van der Waals surface area contributed by atoms with E-state index in [1.807, 2.05) is 0 Å². The highest BCUT2D eigenvalue weighted by Gasteiger charge is 2.80. The number of ether oxygens (including phenoxy) is 2. The maximum atomic E-state index is 13.2. The molecule has 5 N–H and O–H groups in total. The predicted octanol–water partition coefficient (Wildman–Crippen LogP) is 8.36. The molecule has 5 unspecified atom stereocenters. The number of hydrogen-bond donors (Lipinski definition) is 5. The topological polar surface area (TPSA) is 120 Å². The van der Waals surface area contributed by atoms with E-state index in [-0.39, 0.29) is 6.61 Å². The van der Waals surface area contributed by atoms with Crippen molar-refractivity contribution in [3.63, 3.8) is 0 Å². The molecule has 59 heavy (non-hydrogen) atoms. The predicted molar refractivity (Wildman–Crippen MR) is 142 cm³/mol. The number of hydrogen-bond acceptors (Lipinski definition) is 7. The quantitative estimate of drug-likeness (QED) is 0.123. The zero-order chi connectivity index (χ0) is 47.4. The van der Waals surface area contributed by atoms with Crippen LogP contribution in [-0.2, 0) is 9.47 Å². The van der Waals surface area contributed by atoms with Gasteiger partial charge in [0.05, 0.1) is 12.2 Å². The first-order chi connectivity index (χ1) is 25.6. The smallest absolute Gasteiger partial charge is 0.393 e. The van der Waals surface area contributed by atoms with Gasteiger partial charge < -0.3 is 35.0 Å². The summed E-state index contributed by atoms with van der Waals surface area (Å²) in [6.45, 7) is 2.32. The fourth-order valence-electron chi connectivity index (χ4n) is 7.07. The molecule has 0 aromatic rings. The van der Waals surface area contributed by atoms with E-state index in [1.54, 1.807) is 0 Å². The largest absolute Gasteiger partial charge is 0.426 e. The van der Waals surface area contributed by atoms with Crippen molar-refractivity contribution in [1.82, 2.24) is 0 Å². The minimum absolute atomic E-state index is 0.120. The maximum Gasteiger partial charge on any atom is 0.426 e. The zero-order valence-electron chi connectivity index (χ0n) is 29.1. The Balaban J connectivity index is 0.000000599. The number of rotatable bonds is 8. The van der Waals surface area contributed by atoms with Gasteiger partial charge in [0, 0.05) is 30.3 Å². The van der Waals surface area contributed by atoms with Crippen LogP contribution >= 0.6 is 0 Å². The van der Waals surface area contributed by atoms with Crippen LogP contribution in [0, 0.1) is 23.7 Å². The van der Waals surface area contributed by atoms with E-state index < -0.39 is 153 Å². The summed E-state index contributed by atoms with van der Waals surface area (Å²) in [5.41, 5.74) is -22.7. The summed E-state index contributed by atoms with van der Waals surface area (Å²) in [6.07, 6.45) is -68.4. The van der Waals surface area contributed by atoms with Gasteiger partial charge >= 0.3 is 49.4 Å². The monoisotopic (exact) mass is 936 g/mol. The van der Waals surface area contributed by atoms with Crippen molar-refractivity contribution >= 4 is 0 Å². The van der Waals surface area contributed by atoms with Crippen molar-refractivity contribution < 1.29 is 140 Å². The molecule has 0 saturated heterocycles. The SMILES string of the molecule is CCOC(C)OC1CC(C(O)(C(F)(F)F)C(F)(F)F)CC(C(O)(C(F)(F)F)C(F)(F)F)C1.OC1CC(C(O)(C(F)(F)F)C(F)(F)F)CC(C(O)(C(F)(F)F)C(F)(F)F)C1. The van der Waals surface area contributed by atoms with Crippen LogP contribution in [0.4, 0.5) is 105 Å². The molecule has 0 heterocycles. The molecule has 0 spiro atoms. The van der Waals surface area contributed by atoms with E-state index in [9.17, 15) is 131 Å². The van der Waals surface area contributed by atoms with E-state index in [1.165, 1.54) is 6.92 Å². The molecular formula is C28H32F24O7. The van der Waals surface area contributed by atoms with Gasteiger partial charge in [-0.25, -0.2) is 0 Å². The van der Waals surface area contributed by atoms with Crippen LogP contribution in [0.1, 0.15) is 52.4 Å². The first-order valence-electron chi connectivity index (χ1n) is 16.0. The summed E-state index contributed by atoms with van der Waals surface area (Å²) in [5, 5.41) is 46.9. The number of alkyl halides is 24. The molecule has 2 fully saturated rings. The van der Waals surface area contributed by atoms with Gasteiger partial charge in [-0.15, -0.1) is 0 Å². The molecule has 2 aliphatic carbocycles. The molecule has 31 heteroatoms. The molecule has 7 nitrogen and oxygen atoms in total. The minimum atomic E-state index is -6.52. The van der Waals surface area contributed by atoms with E-state index in [4.69, 9.17) is 9.47 Å². The standard InChI is InChI=1S/C16H20F12O4.C12H12F12O3/c1-3-31-7(2)32-10-5-8(11(29,13(17,18)19)14(20,21)22)4-9(6-10)12(30,15(23,24)25)16(26,27)28;13-9(14,15)7(26,10(16,17)18)4-1-5(3-6(25)2-4)8(27,11(19,20)21)12(22,23)24/h7-10,29-30H,3-6H2,1-2H3;4-6,25-27H,1-3H2. The second kappa shape index (κ2) is 17.0. The first kappa shape index (κ1) is 55.1. The summed E-state index contributed by atoms with van der Waals surface area (Å²) in [7, 11) is 0. The fourth-order valence-corrected chi connectivity index (χ4v) is 7.07. The van der Waals surface area contributed by atoms with E-state index in [0.717, 1.165) is 6.92 Å². The van der Waals surface area contributed by atoms with Crippen LogP contribution in [0.25, 0.3) is 0 Å². The molecule has 0 bridgehead atoms. The third-order valence-electron chi connectivity index (χ3n) is 9.95. The van der Waals surface area contributed by atoms with Gasteiger partial charge in [-0.3, -0.25) is 0 Å². The van der Waals surface area contributed by atoms with Crippen molar-refractivity contribution in [2.75, 3.05) is 6.61 Å². The van der Waals surface area contributed by atoms with Crippen LogP contribution in [-0.4, -0.2) is 122 Å². The van der Waals surface area contributed by atoms with E-state index in [0.29, 0.717) is 0 Å². The van der Waals surface area contributed by atoms with Gasteiger partial charge in [-0.2, -0.15) is 105 Å². The molecule has 0 aromatic carbocycles. The molecule has 2 rings (SSSR count). The van der Waals surface area contributed by atoms with Gasteiger partial charge in [0.1, 0.15) is 0 Å². The lowest BCUT2D eigenvalue weighted by Crippen LogP contribution is -2.67. The Labute approximate surface area is 314 Å². The Bertz CT molecular complexity index is 1210. The Morgan fingerprint density at radius 2 is 0.610 bits per heavy atom. The Hall–Kier alpha value is -1.96. The van der Waals surface area contributed by atoms with Crippen LogP contribution in [0.5, 0.6) is 0 Å². The van der Waals surface area contributed by atoms with Crippen molar-refractivity contribution in [3.05, 3.63) is 0 Å². The number of aliphatic hydroxyl groups is 5. The summed E-state index contributed by atoms with van der Waals surface area (Å²) in [4.78, 5) is 0. The summed E-state index contributed by atoms with van der Waals surface area (Å²) in [6, 6.07) is 0. The third-order valence-corrected chi connectivity index (χ3v) is 9.95. The van der Waals surface area contributed by atoms with Crippen molar-refractivity contribution in [2.45, 2.75) is 143 Å². The first-order valence-corrected chi connectivity index (χ1v) is 16.0. The summed E-state index contributed by atoms with van der Waals surface area (Å²) < 4.78 is 323. The molecule has 0 aliphatic heterocycles. The molecule has 354 valence electrons. The zero-order valence-corrected chi connectivity index (χ0v) is 29.1. The molecule has 2 saturated carbocycles. The highest BCUT2D eigenvalue weighted by atomic mass is 19.4. The normalized spacial score (nSPS) is 26.3. The molecule has 0 amide bonds.